The molecule has 1 heterocycles. The van der Waals surface area contributed by atoms with Crippen molar-refractivity contribution in [2.24, 2.45) is 0 Å². The van der Waals surface area contributed by atoms with Gasteiger partial charge in [0.2, 0.25) is 11.4 Å². The topological polar surface area (TPSA) is 25.3 Å². The molecule has 260 valence electrons. The van der Waals surface area contributed by atoms with E-state index in [1.165, 1.54) is 95.9 Å². The second-order valence-electron chi connectivity index (χ2n) is 14.3. The van der Waals surface area contributed by atoms with Crippen LogP contribution in [-0.2, 0) is 38.5 Å². The zero-order valence-electron chi connectivity index (χ0n) is 32.1. The number of benzene rings is 2. The molecule has 0 unspecified atom stereocenters. The van der Waals surface area contributed by atoms with E-state index in [9.17, 15) is 5.53 Å². The number of unbranched alkanes of at least 4 members (excludes halogenated alkanes) is 5. The summed E-state index contributed by atoms with van der Waals surface area (Å²) in [6, 6.07) is 9.92. The molecule has 0 atom stereocenters. The number of hydrogen-bond acceptors (Lipinski definition) is 0. The Labute approximate surface area is 291 Å². The Hall–Kier alpha value is -2.48. The summed E-state index contributed by atoms with van der Waals surface area (Å²) < 4.78 is 1.67. The van der Waals surface area contributed by atoms with Crippen LogP contribution in [0.3, 0.4) is 0 Å². The zero-order chi connectivity index (χ0) is 34.2. The predicted octanol–water partition coefficient (Wildman–Crippen LogP) is 14.1. The molecule has 2 aromatic carbocycles. The van der Waals surface area contributed by atoms with Crippen molar-refractivity contribution in [3.8, 4) is 0 Å². The second-order valence-corrected chi connectivity index (χ2v) is 14.3. The predicted molar refractivity (Wildman–Crippen MR) is 207 cm³/mol. The fourth-order valence-electron chi connectivity index (χ4n) is 7.77. The molecule has 0 saturated carbocycles. The number of nitrogens with zero attached hydrogens (tertiary/aromatic N) is 2. The SMILES string of the molecule is CCCCC1=C(c2cc(CCC)c(CCC)c(CCC)c2)[N+](=[N-])C(c2cc(CCCC)c(CCCC)c(CCCC)c2)=C1CCCC. The van der Waals surface area contributed by atoms with E-state index in [2.05, 4.69) is 79.7 Å². The van der Waals surface area contributed by atoms with E-state index in [4.69, 9.17) is 0 Å². The zero-order valence-corrected chi connectivity index (χ0v) is 32.1. The van der Waals surface area contributed by atoms with Crippen molar-refractivity contribution in [3.05, 3.63) is 85.5 Å². The van der Waals surface area contributed by atoms with Crippen molar-refractivity contribution in [1.29, 1.82) is 0 Å². The molecule has 1 aliphatic heterocycles. The van der Waals surface area contributed by atoms with Crippen LogP contribution in [0.25, 0.3) is 16.9 Å². The van der Waals surface area contributed by atoms with Gasteiger partial charge in [-0.1, -0.05) is 107 Å². The number of rotatable bonds is 23. The van der Waals surface area contributed by atoms with Crippen molar-refractivity contribution >= 4 is 11.4 Å². The molecular weight excluding hydrogens is 569 g/mol. The lowest BCUT2D eigenvalue weighted by molar-refractivity contribution is -0.345. The Balaban J connectivity index is 2.34. The summed E-state index contributed by atoms with van der Waals surface area (Å²) in [5.41, 5.74) is 29.2. The normalized spacial score (nSPS) is 13.5. The Morgan fingerprint density at radius 1 is 0.383 bits per heavy atom. The number of allylic oxidation sites excluding steroid dienone is 2. The van der Waals surface area contributed by atoms with Crippen LogP contribution >= 0.6 is 0 Å². The van der Waals surface area contributed by atoms with Crippen molar-refractivity contribution in [2.75, 3.05) is 0 Å². The summed E-state index contributed by atoms with van der Waals surface area (Å²) in [6.07, 6.45) is 24.2. The van der Waals surface area contributed by atoms with Crippen LogP contribution in [-0.4, -0.2) is 4.70 Å². The molecule has 2 aromatic rings. The highest BCUT2D eigenvalue weighted by atomic mass is 15.2. The molecule has 0 fully saturated rings. The average molecular weight is 639 g/mol. The number of aryl methyl sites for hydroxylation is 4. The highest BCUT2D eigenvalue weighted by molar-refractivity contribution is 5.83. The molecule has 3 rings (SSSR count). The van der Waals surface area contributed by atoms with Crippen LogP contribution in [0.2, 0.25) is 0 Å². The molecule has 0 aliphatic carbocycles. The van der Waals surface area contributed by atoms with Gasteiger partial charge in [-0.3, -0.25) is 0 Å². The maximum atomic E-state index is 12.6. The highest BCUT2D eigenvalue weighted by Gasteiger charge is 2.36. The van der Waals surface area contributed by atoms with Gasteiger partial charge in [0, 0.05) is 22.3 Å². The van der Waals surface area contributed by atoms with Crippen LogP contribution in [0, 0.1) is 0 Å². The minimum atomic E-state index is 1.02. The molecule has 0 N–H and O–H groups in total. The smallest absolute Gasteiger partial charge is 0.211 e. The van der Waals surface area contributed by atoms with Crippen molar-refractivity contribution in [1.82, 2.24) is 0 Å². The van der Waals surface area contributed by atoms with Gasteiger partial charge in [-0.2, -0.15) is 0 Å². The Bertz CT molecular complexity index is 1300. The molecule has 1 aliphatic rings. The molecule has 0 aromatic heterocycles. The lowest BCUT2D eigenvalue weighted by Gasteiger charge is -2.19. The third kappa shape index (κ3) is 10.0. The van der Waals surface area contributed by atoms with Gasteiger partial charge in [-0.15, -0.1) is 0 Å². The second kappa shape index (κ2) is 20.8. The van der Waals surface area contributed by atoms with Crippen molar-refractivity contribution < 1.29 is 4.70 Å². The average Bonchev–Trinajstić information content (AvgIpc) is 3.35. The van der Waals surface area contributed by atoms with E-state index in [0.717, 1.165) is 94.9 Å². The largest absolute Gasteiger partial charge is 0.493 e. The molecule has 2 heteroatoms. The highest BCUT2D eigenvalue weighted by Crippen LogP contribution is 2.46. The van der Waals surface area contributed by atoms with E-state index in [1.807, 2.05) is 0 Å². The standard InChI is InChI=1S/C45H70N2/c1-9-17-25-36-32-39(33-37(26-18-10-2)41(36)27-19-11-3)45-43(29-21-13-5)42(28-20-12-4)44(47(45)46)38-30-34(22-14-6)40(24-16-8)35(31-38)23-15-7/h30-33H,9-29H2,1-8H3. The summed E-state index contributed by atoms with van der Waals surface area (Å²) >= 11 is 0. The van der Waals surface area contributed by atoms with E-state index >= 15 is 0 Å². The third-order valence-corrected chi connectivity index (χ3v) is 10.3. The first kappa shape index (κ1) is 39.0. The van der Waals surface area contributed by atoms with Gasteiger partial charge in [0.1, 0.15) is 0 Å². The van der Waals surface area contributed by atoms with Gasteiger partial charge in [-0.05, 0) is 141 Å². The van der Waals surface area contributed by atoms with Gasteiger partial charge in [0.15, 0.2) is 0 Å². The first-order chi connectivity index (χ1) is 22.9. The molecular formula is C45H70N2. The fraction of sp³-hybridized carbons (Fsp3) is 0.644. The summed E-state index contributed by atoms with van der Waals surface area (Å²) in [7, 11) is 0. The molecule has 2 nitrogen and oxygen atoms in total. The van der Waals surface area contributed by atoms with E-state index in [-0.39, 0.29) is 0 Å². The van der Waals surface area contributed by atoms with Gasteiger partial charge in [-0.25, -0.2) is 4.70 Å². The Morgan fingerprint density at radius 3 is 1.06 bits per heavy atom. The van der Waals surface area contributed by atoms with Gasteiger partial charge >= 0.3 is 0 Å². The summed E-state index contributed by atoms with van der Waals surface area (Å²) in [5.74, 6) is 0. The lowest BCUT2D eigenvalue weighted by atomic mass is 9.86. The quantitative estimate of drug-likeness (QED) is 0.108. The van der Waals surface area contributed by atoms with Crippen molar-refractivity contribution in [3.63, 3.8) is 0 Å². The van der Waals surface area contributed by atoms with Crippen LogP contribution in [0.15, 0.2) is 35.4 Å². The summed E-state index contributed by atoms with van der Waals surface area (Å²) in [6.45, 7) is 18.5. The van der Waals surface area contributed by atoms with Gasteiger partial charge in [0.25, 0.3) is 0 Å². The van der Waals surface area contributed by atoms with Crippen LogP contribution in [0.5, 0.6) is 0 Å². The van der Waals surface area contributed by atoms with Crippen LogP contribution in [0.4, 0.5) is 0 Å². The Kier molecular flexibility index (Phi) is 17.2. The maximum absolute atomic E-state index is 12.6. The summed E-state index contributed by atoms with van der Waals surface area (Å²) in [4.78, 5) is 0. The van der Waals surface area contributed by atoms with E-state index in [1.54, 1.807) is 15.8 Å². The fourth-order valence-corrected chi connectivity index (χ4v) is 7.77. The molecule has 0 saturated heterocycles. The van der Waals surface area contributed by atoms with Crippen molar-refractivity contribution in [2.45, 2.75) is 190 Å². The third-order valence-electron chi connectivity index (χ3n) is 10.3. The lowest BCUT2D eigenvalue weighted by Crippen LogP contribution is -2.09. The molecule has 47 heavy (non-hydrogen) atoms. The van der Waals surface area contributed by atoms with Crippen LogP contribution in [0.1, 0.15) is 196 Å². The summed E-state index contributed by atoms with van der Waals surface area (Å²) in [5, 5.41) is 0. The Morgan fingerprint density at radius 2 is 0.702 bits per heavy atom. The van der Waals surface area contributed by atoms with Crippen LogP contribution < -0.4 is 0 Å². The first-order valence-corrected chi connectivity index (χ1v) is 20.2. The van der Waals surface area contributed by atoms with E-state index in [0.29, 0.717) is 0 Å². The molecule has 0 spiro atoms. The number of hydrogen-bond donors (Lipinski definition) is 0. The van der Waals surface area contributed by atoms with E-state index < -0.39 is 0 Å². The maximum Gasteiger partial charge on any atom is 0.211 e. The molecule has 0 amide bonds. The van der Waals surface area contributed by atoms with Gasteiger partial charge in [0.05, 0.1) is 0 Å². The van der Waals surface area contributed by atoms with Gasteiger partial charge < -0.3 is 5.53 Å². The molecule has 0 bridgehead atoms. The monoisotopic (exact) mass is 639 g/mol. The molecule has 0 radical (unpaired) electrons. The minimum Gasteiger partial charge on any atom is -0.493 e. The minimum absolute atomic E-state index is 1.02. The first-order valence-electron chi connectivity index (χ1n) is 20.2.